The minimum atomic E-state index is -1.98. The monoisotopic (exact) mass is 976 g/mol. The Morgan fingerprint density at radius 1 is 1.00 bits per heavy atom. The number of rotatable bonds is 24. The molecule has 0 saturated heterocycles. The standard InChI is InChI=1S/C50H68N6O10S2/c1-10-50(33-22-37-42-31(21-30-13-11-12-14-34(30)55-42)24-56(37)45(60)32(33)25-64-47(50)63)66-41(58)23-52-44(59)35(26-67-38-15-16-39(38)68-27-36(46(61)62)53-29(4)5)54-40(57)17-18-49(8,9)65-20-19-48(6,7)43(51)28(2)3/h11-14,21-22,28-29,35-36,38-39,51,53H,10,15-20,23-27H2,1-9H3,(H,52,59)(H,54,57)(H,61,62). The molecule has 0 radical (unpaired) electrons. The smallest absolute Gasteiger partial charge is 0.355 e. The van der Waals surface area contributed by atoms with Crippen LogP contribution in [-0.2, 0) is 56.9 Å². The third-order valence-electron chi connectivity index (χ3n) is 13.1. The molecule has 0 bridgehead atoms. The van der Waals surface area contributed by atoms with Gasteiger partial charge >= 0.3 is 17.9 Å². The van der Waals surface area contributed by atoms with Crippen LogP contribution in [0.15, 0.2) is 41.2 Å². The molecule has 5 N–H and O–H groups in total. The number of nitrogens with zero attached hydrogens (tertiary/aromatic N) is 2. The van der Waals surface area contributed by atoms with Crippen molar-refractivity contribution in [2.75, 3.05) is 24.7 Å². The molecule has 5 unspecified atom stereocenters. The van der Waals surface area contributed by atoms with Gasteiger partial charge in [-0.1, -0.05) is 66.7 Å². The summed E-state index contributed by atoms with van der Waals surface area (Å²) >= 11 is 3.09. The summed E-state index contributed by atoms with van der Waals surface area (Å²) in [5.41, 5.74) is 0.346. The maximum absolute atomic E-state index is 14.0. The van der Waals surface area contributed by atoms with Gasteiger partial charge in [0.15, 0.2) is 0 Å². The summed E-state index contributed by atoms with van der Waals surface area (Å²) in [5.74, 6) is -3.04. The van der Waals surface area contributed by atoms with Gasteiger partial charge in [-0.15, -0.1) is 0 Å². The maximum Gasteiger partial charge on any atom is 0.355 e. The van der Waals surface area contributed by atoms with Crippen molar-refractivity contribution in [3.8, 4) is 11.4 Å². The highest BCUT2D eigenvalue weighted by Crippen LogP contribution is 2.42. The van der Waals surface area contributed by atoms with Crippen LogP contribution in [0.1, 0.15) is 118 Å². The normalized spacial score (nSPS) is 19.6. The maximum atomic E-state index is 14.0. The summed E-state index contributed by atoms with van der Waals surface area (Å²) in [7, 11) is 0. The van der Waals surface area contributed by atoms with Crippen LogP contribution in [0, 0.1) is 16.7 Å². The summed E-state index contributed by atoms with van der Waals surface area (Å²) < 4.78 is 19.3. The Balaban J connectivity index is 1.13. The average Bonchev–Trinajstić information content (AvgIpc) is 3.63. The molecule has 1 aliphatic carbocycles. The number of hydrogen-bond donors (Lipinski definition) is 5. The number of amides is 2. The van der Waals surface area contributed by atoms with Gasteiger partial charge < -0.3 is 45.2 Å². The molecule has 4 heterocycles. The van der Waals surface area contributed by atoms with E-state index < -0.39 is 53.6 Å². The van der Waals surface area contributed by atoms with Gasteiger partial charge in [-0.25, -0.2) is 9.78 Å². The molecule has 18 heteroatoms. The molecule has 2 aromatic heterocycles. The van der Waals surface area contributed by atoms with Gasteiger partial charge in [-0.2, -0.15) is 23.5 Å². The van der Waals surface area contributed by atoms with Crippen molar-refractivity contribution in [2.45, 2.75) is 154 Å². The van der Waals surface area contributed by atoms with Crippen LogP contribution in [-0.4, -0.2) is 109 Å². The van der Waals surface area contributed by atoms with Crippen molar-refractivity contribution in [3.63, 3.8) is 0 Å². The number of fused-ring (bicyclic) bond motifs is 5. The first kappa shape index (κ1) is 52.6. The van der Waals surface area contributed by atoms with Gasteiger partial charge in [0.05, 0.1) is 34.6 Å². The molecule has 1 fully saturated rings. The molecule has 370 valence electrons. The Bertz CT molecular complexity index is 2470. The number of thioether (sulfide) groups is 2. The highest BCUT2D eigenvalue weighted by atomic mass is 32.2. The molecule has 2 aliphatic heterocycles. The van der Waals surface area contributed by atoms with Gasteiger partial charge in [-0.3, -0.25) is 24.0 Å². The number of carbonyl (C=O) groups is 5. The lowest BCUT2D eigenvalue weighted by Gasteiger charge is -2.37. The highest BCUT2D eigenvalue weighted by Gasteiger charge is 2.50. The molecule has 5 atom stereocenters. The van der Waals surface area contributed by atoms with Crippen LogP contribution in [0.3, 0.4) is 0 Å². The fourth-order valence-corrected chi connectivity index (χ4v) is 12.0. The zero-order valence-corrected chi connectivity index (χ0v) is 42.4. The number of carbonyl (C=O) groups excluding carboxylic acids is 4. The van der Waals surface area contributed by atoms with E-state index in [2.05, 4.69) is 16.0 Å². The quantitative estimate of drug-likeness (QED) is 0.0381. The number of benzene rings is 1. The predicted molar refractivity (Wildman–Crippen MR) is 265 cm³/mol. The Morgan fingerprint density at radius 2 is 1.68 bits per heavy atom. The molecule has 0 spiro atoms. The van der Waals surface area contributed by atoms with E-state index in [0.29, 0.717) is 42.3 Å². The van der Waals surface area contributed by atoms with E-state index in [1.807, 2.05) is 85.7 Å². The van der Waals surface area contributed by atoms with Crippen molar-refractivity contribution in [3.05, 3.63) is 63.4 Å². The van der Waals surface area contributed by atoms with Crippen molar-refractivity contribution < 1.29 is 43.3 Å². The highest BCUT2D eigenvalue weighted by molar-refractivity contribution is 8.04. The number of nitrogens with one attached hydrogen (secondary N) is 4. The molecule has 6 rings (SSSR count). The van der Waals surface area contributed by atoms with Crippen LogP contribution in [0.2, 0.25) is 0 Å². The lowest BCUT2D eigenvalue weighted by Crippen LogP contribution is -2.52. The topological polar surface area (TPSA) is 228 Å². The van der Waals surface area contributed by atoms with E-state index in [4.69, 9.17) is 24.6 Å². The first-order valence-electron chi connectivity index (χ1n) is 23.6. The number of pyridine rings is 2. The van der Waals surface area contributed by atoms with Crippen LogP contribution < -0.4 is 21.5 Å². The molecule has 3 aliphatic rings. The fraction of sp³-hybridized carbons (Fsp3) is 0.600. The van der Waals surface area contributed by atoms with E-state index in [0.717, 1.165) is 29.3 Å². The van der Waals surface area contributed by atoms with E-state index in [1.54, 1.807) is 29.3 Å². The van der Waals surface area contributed by atoms with Gasteiger partial charge in [0.1, 0.15) is 25.2 Å². The van der Waals surface area contributed by atoms with Crippen molar-refractivity contribution in [1.29, 1.82) is 5.41 Å². The lowest BCUT2D eigenvalue weighted by atomic mass is 9.79. The number of carboxylic acids is 1. The van der Waals surface area contributed by atoms with Crippen molar-refractivity contribution in [1.82, 2.24) is 25.5 Å². The number of carboxylic acid groups (broad SMARTS) is 1. The lowest BCUT2D eigenvalue weighted by molar-refractivity contribution is -0.189. The van der Waals surface area contributed by atoms with Gasteiger partial charge in [-0.05, 0) is 70.1 Å². The van der Waals surface area contributed by atoms with Gasteiger partial charge in [0, 0.05) is 68.7 Å². The van der Waals surface area contributed by atoms with Crippen molar-refractivity contribution in [2.24, 2.45) is 11.3 Å². The summed E-state index contributed by atoms with van der Waals surface area (Å²) in [4.78, 5) is 85.8. The Labute approximate surface area is 407 Å². The van der Waals surface area contributed by atoms with E-state index in [9.17, 15) is 33.9 Å². The minimum absolute atomic E-state index is 0.000338. The average molecular weight is 977 g/mol. The first-order valence-corrected chi connectivity index (χ1v) is 25.7. The Kier molecular flexibility index (Phi) is 16.9. The summed E-state index contributed by atoms with van der Waals surface area (Å²) in [6.07, 6.45) is 2.73. The summed E-state index contributed by atoms with van der Waals surface area (Å²) in [6, 6.07) is 9.53. The van der Waals surface area contributed by atoms with E-state index in [1.165, 1.54) is 11.8 Å². The first-order chi connectivity index (χ1) is 32.1. The molecular weight excluding hydrogens is 909 g/mol. The molecule has 1 aromatic carbocycles. The minimum Gasteiger partial charge on any atom is -0.480 e. The molecular formula is C50H68N6O10S2. The molecule has 68 heavy (non-hydrogen) atoms. The number of para-hydroxylation sites is 1. The number of esters is 2. The van der Waals surface area contributed by atoms with Crippen LogP contribution >= 0.6 is 23.5 Å². The number of hydrogen-bond acceptors (Lipinski definition) is 14. The molecule has 2 amide bonds. The second-order valence-electron chi connectivity index (χ2n) is 19.9. The van der Waals surface area contributed by atoms with E-state index >= 15 is 0 Å². The number of ether oxygens (including phenoxy) is 3. The number of aromatic nitrogens is 2. The Morgan fingerprint density at radius 3 is 2.31 bits per heavy atom. The second-order valence-corrected chi connectivity index (χ2v) is 22.5. The van der Waals surface area contributed by atoms with Gasteiger partial charge in [0.2, 0.25) is 17.4 Å². The zero-order chi connectivity index (χ0) is 49.7. The summed E-state index contributed by atoms with van der Waals surface area (Å²) in [6.45, 7) is 17.0. The predicted octanol–water partition coefficient (Wildman–Crippen LogP) is 6.35. The van der Waals surface area contributed by atoms with Gasteiger partial charge in [0.25, 0.3) is 5.56 Å². The Hall–Kier alpha value is -4.78. The van der Waals surface area contributed by atoms with Crippen molar-refractivity contribution >= 4 is 69.9 Å². The SMILES string of the molecule is CCC1(OC(=O)CNC(=O)C(CSC2CCC2SCC(NC(C)C)C(=O)O)NC(=O)CCC(C)(C)OCCC(C)(C)C(=N)C(C)C)C(=O)OCc2c1cc1n(c2=O)Cc2cc3ccccc3nc2-1. The van der Waals surface area contributed by atoms with Crippen LogP contribution in [0.5, 0.6) is 0 Å². The third-order valence-corrected chi connectivity index (χ3v) is 16.4. The van der Waals surface area contributed by atoms with Crippen LogP contribution in [0.25, 0.3) is 22.3 Å². The second kappa shape index (κ2) is 21.9. The fourth-order valence-electron chi connectivity index (χ4n) is 8.88. The number of cyclic esters (lactones) is 1. The summed E-state index contributed by atoms with van der Waals surface area (Å²) in [5, 5.41) is 28.0. The third kappa shape index (κ3) is 12.1. The zero-order valence-electron chi connectivity index (χ0n) is 40.7. The largest absolute Gasteiger partial charge is 0.480 e. The van der Waals surface area contributed by atoms with E-state index in [-0.39, 0.29) is 82.2 Å². The van der Waals surface area contributed by atoms with Crippen LogP contribution in [0.4, 0.5) is 0 Å². The molecule has 16 nitrogen and oxygen atoms in total. The molecule has 1 saturated carbocycles. The number of aliphatic carboxylic acids is 1. The molecule has 3 aromatic rings.